The van der Waals surface area contributed by atoms with Crippen LogP contribution in [0.1, 0.15) is 29.2 Å². The summed E-state index contributed by atoms with van der Waals surface area (Å²) in [5.74, 6) is 1.73. The smallest absolute Gasteiger partial charge is 0.252 e. The van der Waals surface area contributed by atoms with Crippen molar-refractivity contribution in [1.29, 1.82) is 0 Å². The van der Waals surface area contributed by atoms with Crippen LogP contribution in [0.5, 0.6) is 0 Å². The fourth-order valence-electron chi connectivity index (χ4n) is 2.51. The highest BCUT2D eigenvalue weighted by Gasteiger charge is 2.30. The molecule has 0 radical (unpaired) electrons. The number of thiophene rings is 1. The summed E-state index contributed by atoms with van der Waals surface area (Å²) < 4.78 is 33.1. The number of hydrogen-bond donors (Lipinski definition) is 0. The van der Waals surface area contributed by atoms with Crippen LogP contribution >= 0.6 is 23.1 Å². The first-order valence-electron chi connectivity index (χ1n) is 7.35. The molecule has 3 heterocycles. The molecule has 2 aromatic rings. The number of sulfonamides is 1. The minimum atomic E-state index is -3.36. The maximum absolute atomic E-state index is 12.8. The van der Waals surface area contributed by atoms with E-state index in [9.17, 15) is 8.42 Å². The van der Waals surface area contributed by atoms with Crippen LogP contribution in [0.15, 0.2) is 39.2 Å². The van der Waals surface area contributed by atoms with Crippen molar-refractivity contribution in [3.63, 3.8) is 0 Å². The van der Waals surface area contributed by atoms with Crippen molar-refractivity contribution in [1.82, 2.24) is 4.31 Å². The predicted octanol–water partition coefficient (Wildman–Crippen LogP) is 3.77. The van der Waals surface area contributed by atoms with Crippen LogP contribution in [0.4, 0.5) is 0 Å². The Morgan fingerprint density at radius 3 is 2.86 bits per heavy atom. The molecule has 0 aromatic carbocycles. The number of furan rings is 1. The molecule has 1 atom stereocenters. The molecule has 0 bridgehead atoms. The van der Waals surface area contributed by atoms with E-state index in [-0.39, 0.29) is 5.25 Å². The van der Waals surface area contributed by atoms with Gasteiger partial charge in [-0.15, -0.1) is 23.1 Å². The molecule has 1 aliphatic rings. The highest BCUT2D eigenvalue weighted by Crippen LogP contribution is 2.36. The third kappa shape index (κ3) is 3.27. The Morgan fingerprint density at radius 2 is 2.18 bits per heavy atom. The lowest BCUT2D eigenvalue weighted by Crippen LogP contribution is -2.32. The minimum Gasteiger partial charge on any atom is -0.468 e. The molecule has 0 saturated carbocycles. The van der Waals surface area contributed by atoms with Crippen LogP contribution in [-0.2, 0) is 16.4 Å². The summed E-state index contributed by atoms with van der Waals surface area (Å²) >= 11 is 3.15. The van der Waals surface area contributed by atoms with Crippen molar-refractivity contribution in [2.75, 3.05) is 18.8 Å². The molecule has 1 fully saturated rings. The Bertz CT molecular complexity index is 706. The Kier molecular flexibility index (Phi) is 4.97. The normalized spacial score (nSPS) is 20.9. The third-order valence-electron chi connectivity index (χ3n) is 3.74. The van der Waals surface area contributed by atoms with Crippen LogP contribution in [-0.4, -0.2) is 31.6 Å². The van der Waals surface area contributed by atoms with Crippen molar-refractivity contribution in [3.8, 4) is 0 Å². The summed E-state index contributed by atoms with van der Waals surface area (Å²) in [4.78, 5) is 1.11. The molecule has 120 valence electrons. The lowest BCUT2D eigenvalue weighted by Gasteiger charge is -2.18. The SMILES string of the molecule is CCc1ccc(S(=O)(=O)N2CCSC(c3ccco3)CC2)s1. The third-order valence-corrected chi connectivity index (χ3v) is 8.62. The molecule has 3 rings (SSSR count). The predicted molar refractivity (Wildman–Crippen MR) is 91.0 cm³/mol. The molecule has 1 unspecified atom stereocenters. The van der Waals surface area contributed by atoms with Gasteiger partial charge in [-0.3, -0.25) is 0 Å². The minimum absolute atomic E-state index is 0.240. The Balaban J connectivity index is 1.75. The second-order valence-corrected chi connectivity index (χ2v) is 9.79. The first kappa shape index (κ1) is 16.1. The van der Waals surface area contributed by atoms with E-state index >= 15 is 0 Å². The maximum Gasteiger partial charge on any atom is 0.252 e. The molecule has 4 nitrogen and oxygen atoms in total. The van der Waals surface area contributed by atoms with Crippen LogP contribution < -0.4 is 0 Å². The van der Waals surface area contributed by atoms with E-state index in [0.717, 1.165) is 29.2 Å². The molecule has 0 aliphatic carbocycles. The van der Waals surface area contributed by atoms with E-state index in [2.05, 4.69) is 0 Å². The Hall–Kier alpha value is -0.760. The molecule has 7 heteroatoms. The van der Waals surface area contributed by atoms with Crippen molar-refractivity contribution in [2.45, 2.75) is 29.2 Å². The second-order valence-electron chi connectivity index (χ2n) is 5.14. The van der Waals surface area contributed by atoms with E-state index in [0.29, 0.717) is 17.3 Å². The van der Waals surface area contributed by atoms with E-state index in [1.807, 2.05) is 25.1 Å². The fraction of sp³-hybridized carbons (Fsp3) is 0.467. The Labute approximate surface area is 139 Å². The van der Waals surface area contributed by atoms with E-state index in [1.54, 1.807) is 28.4 Å². The molecule has 0 spiro atoms. The van der Waals surface area contributed by atoms with Crippen LogP contribution in [0.3, 0.4) is 0 Å². The van der Waals surface area contributed by atoms with Crippen molar-refractivity contribution >= 4 is 33.1 Å². The van der Waals surface area contributed by atoms with E-state index < -0.39 is 10.0 Å². The molecule has 0 amide bonds. The highest BCUT2D eigenvalue weighted by molar-refractivity contribution is 7.99. The average Bonchev–Trinajstić information content (AvgIpc) is 3.15. The quantitative estimate of drug-likeness (QED) is 0.836. The molecule has 22 heavy (non-hydrogen) atoms. The number of nitrogens with zero attached hydrogens (tertiary/aromatic N) is 1. The van der Waals surface area contributed by atoms with E-state index in [4.69, 9.17) is 4.42 Å². The van der Waals surface area contributed by atoms with Gasteiger partial charge in [-0.05, 0) is 37.1 Å². The average molecular weight is 358 g/mol. The fourth-order valence-corrected chi connectivity index (χ4v) is 6.71. The van der Waals surface area contributed by atoms with Gasteiger partial charge >= 0.3 is 0 Å². The van der Waals surface area contributed by atoms with Crippen molar-refractivity contribution in [2.24, 2.45) is 0 Å². The van der Waals surface area contributed by atoms with Gasteiger partial charge in [-0.2, -0.15) is 4.31 Å². The summed E-state index contributed by atoms with van der Waals surface area (Å²) in [6.45, 7) is 3.14. The number of hydrogen-bond acceptors (Lipinski definition) is 5. The highest BCUT2D eigenvalue weighted by atomic mass is 32.2. The zero-order chi connectivity index (χ0) is 15.6. The van der Waals surface area contributed by atoms with Gasteiger partial charge in [0.05, 0.1) is 11.5 Å². The molecule has 1 saturated heterocycles. The number of thioether (sulfide) groups is 1. The van der Waals surface area contributed by atoms with Gasteiger partial charge < -0.3 is 4.42 Å². The maximum atomic E-state index is 12.8. The van der Waals surface area contributed by atoms with Gasteiger partial charge in [0.1, 0.15) is 9.97 Å². The lowest BCUT2D eigenvalue weighted by atomic mass is 10.2. The van der Waals surface area contributed by atoms with Gasteiger partial charge in [0.2, 0.25) is 0 Å². The summed E-state index contributed by atoms with van der Waals surface area (Å²) in [7, 11) is -3.36. The second kappa shape index (κ2) is 6.78. The van der Waals surface area contributed by atoms with Crippen LogP contribution in [0.2, 0.25) is 0 Å². The number of rotatable bonds is 4. The first-order chi connectivity index (χ1) is 10.6. The molecule has 2 aromatic heterocycles. The summed E-state index contributed by atoms with van der Waals surface area (Å²) in [5.41, 5.74) is 0. The van der Waals surface area contributed by atoms with Gasteiger partial charge in [-0.1, -0.05) is 6.92 Å². The first-order valence-corrected chi connectivity index (χ1v) is 10.7. The molecular formula is C15H19NO3S3. The van der Waals surface area contributed by atoms with E-state index in [1.165, 1.54) is 11.3 Å². The van der Waals surface area contributed by atoms with Gasteiger partial charge in [0.15, 0.2) is 0 Å². The van der Waals surface area contributed by atoms with Crippen LogP contribution in [0.25, 0.3) is 0 Å². The zero-order valence-electron chi connectivity index (χ0n) is 12.4. The van der Waals surface area contributed by atoms with Crippen molar-refractivity contribution in [3.05, 3.63) is 41.2 Å². The largest absolute Gasteiger partial charge is 0.468 e. The van der Waals surface area contributed by atoms with Gasteiger partial charge in [-0.25, -0.2) is 8.42 Å². The zero-order valence-corrected chi connectivity index (χ0v) is 14.8. The van der Waals surface area contributed by atoms with Gasteiger partial charge in [0, 0.05) is 23.7 Å². The lowest BCUT2D eigenvalue weighted by molar-refractivity contribution is 0.418. The summed E-state index contributed by atoms with van der Waals surface area (Å²) in [6, 6.07) is 7.50. The topological polar surface area (TPSA) is 50.5 Å². The summed E-state index contributed by atoms with van der Waals surface area (Å²) in [6.07, 6.45) is 3.33. The van der Waals surface area contributed by atoms with Crippen molar-refractivity contribution < 1.29 is 12.8 Å². The molecule has 1 aliphatic heterocycles. The number of aryl methyl sites for hydroxylation is 1. The molecule has 0 N–H and O–H groups in total. The monoisotopic (exact) mass is 357 g/mol. The standard InChI is InChI=1S/C15H19NO3S3/c1-2-12-5-6-15(21-12)22(17,18)16-8-7-14(20-11-9-16)13-4-3-10-19-13/h3-6,10,14H,2,7-9,11H2,1H3. The summed E-state index contributed by atoms with van der Waals surface area (Å²) in [5, 5.41) is 0.240. The Morgan fingerprint density at radius 1 is 1.32 bits per heavy atom. The molecular weight excluding hydrogens is 338 g/mol. The van der Waals surface area contributed by atoms with Crippen LogP contribution in [0, 0.1) is 0 Å². The van der Waals surface area contributed by atoms with Gasteiger partial charge in [0.25, 0.3) is 10.0 Å².